The number of halogens is 2. The van der Waals surface area contributed by atoms with E-state index in [4.69, 9.17) is 23.2 Å². The van der Waals surface area contributed by atoms with Crippen molar-refractivity contribution in [3.8, 4) is 5.75 Å². The Bertz CT molecular complexity index is 697. The lowest BCUT2D eigenvalue weighted by molar-refractivity contribution is -0.164. The summed E-state index contributed by atoms with van der Waals surface area (Å²) in [6, 6.07) is 1.57. The van der Waals surface area contributed by atoms with E-state index in [2.05, 4.69) is 0 Å². The number of hydrogen-bond acceptors (Lipinski definition) is 4. The van der Waals surface area contributed by atoms with E-state index in [1.54, 1.807) is 0 Å². The molecule has 0 aliphatic carbocycles. The molecule has 2 aliphatic rings. The monoisotopic (exact) mass is 372 g/mol. The highest BCUT2D eigenvalue weighted by Gasteiger charge is 2.47. The number of fused-ring (bicyclic) bond motifs is 1. The summed E-state index contributed by atoms with van der Waals surface area (Å²) in [6.45, 7) is -0.0266. The molecule has 0 radical (unpaired) electrons. The van der Waals surface area contributed by atoms with Gasteiger partial charge in [0, 0.05) is 19.2 Å². The Kier molecular flexibility index (Phi) is 4.64. The second-order valence-electron chi connectivity index (χ2n) is 6.21. The standard InChI is InChI=1S/C16H18Cl2N2O4/c1-19-11(7-21)16(24)20-5-4-8(6-10(20)15(19)23)13-12(22)3-2-9(17)14(13)18/h2-3,8,10-11,21-22H,4-7H2,1H3/t8-,10+,11+/m0/s1. The number of nitrogens with zero attached hydrogens (tertiary/aromatic N) is 2. The van der Waals surface area contributed by atoms with E-state index in [9.17, 15) is 19.8 Å². The van der Waals surface area contributed by atoms with E-state index < -0.39 is 18.7 Å². The summed E-state index contributed by atoms with van der Waals surface area (Å²) in [5, 5.41) is 20.2. The van der Waals surface area contributed by atoms with Gasteiger partial charge in [0.05, 0.1) is 16.7 Å². The van der Waals surface area contributed by atoms with Crippen LogP contribution in [0.15, 0.2) is 12.1 Å². The fraction of sp³-hybridized carbons (Fsp3) is 0.500. The van der Waals surface area contributed by atoms with Crippen LogP contribution in [-0.4, -0.2) is 64.1 Å². The van der Waals surface area contributed by atoms with Gasteiger partial charge in [0.1, 0.15) is 17.8 Å². The van der Waals surface area contributed by atoms with Gasteiger partial charge in [-0.2, -0.15) is 0 Å². The molecular weight excluding hydrogens is 355 g/mol. The number of hydrogen-bond donors (Lipinski definition) is 2. The largest absolute Gasteiger partial charge is 0.508 e. The molecule has 0 bridgehead atoms. The zero-order valence-corrected chi connectivity index (χ0v) is 14.6. The predicted molar refractivity (Wildman–Crippen MR) is 89.2 cm³/mol. The molecule has 24 heavy (non-hydrogen) atoms. The highest BCUT2D eigenvalue weighted by molar-refractivity contribution is 6.42. The number of piperidine rings is 1. The third-order valence-corrected chi connectivity index (χ3v) is 5.78. The highest BCUT2D eigenvalue weighted by Crippen LogP contribution is 2.43. The first kappa shape index (κ1) is 17.3. The van der Waals surface area contributed by atoms with E-state index in [-0.39, 0.29) is 28.5 Å². The molecule has 0 unspecified atom stereocenters. The van der Waals surface area contributed by atoms with E-state index in [1.807, 2.05) is 0 Å². The topological polar surface area (TPSA) is 81.1 Å². The maximum Gasteiger partial charge on any atom is 0.248 e. The second-order valence-corrected chi connectivity index (χ2v) is 7.00. The van der Waals surface area contributed by atoms with Gasteiger partial charge in [-0.25, -0.2) is 0 Å². The van der Waals surface area contributed by atoms with Crippen molar-refractivity contribution in [2.24, 2.45) is 0 Å². The lowest BCUT2D eigenvalue weighted by Crippen LogP contribution is -2.66. The number of rotatable bonds is 2. The second kappa shape index (κ2) is 6.43. The number of piperazine rings is 1. The van der Waals surface area contributed by atoms with E-state index >= 15 is 0 Å². The molecule has 2 heterocycles. The Balaban J connectivity index is 1.91. The zero-order chi connectivity index (χ0) is 17.6. The molecule has 6 nitrogen and oxygen atoms in total. The molecule has 8 heteroatoms. The third kappa shape index (κ3) is 2.62. The van der Waals surface area contributed by atoms with Crippen molar-refractivity contribution in [3.63, 3.8) is 0 Å². The van der Waals surface area contributed by atoms with E-state index in [1.165, 1.54) is 29.0 Å². The summed E-state index contributed by atoms with van der Waals surface area (Å²) in [4.78, 5) is 27.9. The van der Waals surface area contributed by atoms with Crippen LogP contribution in [0.1, 0.15) is 24.3 Å². The third-order valence-electron chi connectivity index (χ3n) is 4.96. The Labute approximate surface area is 149 Å². The summed E-state index contributed by atoms with van der Waals surface area (Å²) in [6.07, 6.45) is 0.922. The van der Waals surface area contributed by atoms with Gasteiger partial charge >= 0.3 is 0 Å². The average molecular weight is 373 g/mol. The molecule has 3 rings (SSSR count). The molecular formula is C16H18Cl2N2O4. The summed E-state index contributed by atoms with van der Waals surface area (Å²) in [5.74, 6) is -0.590. The quantitative estimate of drug-likeness (QED) is 0.826. The number of carbonyl (C=O) groups is 2. The molecule has 2 amide bonds. The SMILES string of the molecule is CN1C(=O)[C@H]2C[C@@H](c3c(O)ccc(Cl)c3Cl)CCN2C(=O)[C@H]1CO. The average Bonchev–Trinajstić information content (AvgIpc) is 2.57. The molecule has 1 aromatic rings. The number of aromatic hydroxyl groups is 1. The van der Waals surface area contributed by atoms with Crippen LogP contribution in [0.25, 0.3) is 0 Å². The van der Waals surface area contributed by atoms with Gasteiger partial charge < -0.3 is 20.0 Å². The van der Waals surface area contributed by atoms with Crippen molar-refractivity contribution >= 4 is 35.0 Å². The molecule has 0 aromatic heterocycles. The van der Waals surface area contributed by atoms with E-state index in [0.29, 0.717) is 30.0 Å². The first-order valence-electron chi connectivity index (χ1n) is 7.71. The summed E-state index contributed by atoms with van der Waals surface area (Å²) < 4.78 is 0. The summed E-state index contributed by atoms with van der Waals surface area (Å²) in [5.41, 5.74) is 0.524. The molecule has 130 valence electrons. The van der Waals surface area contributed by atoms with Crippen molar-refractivity contribution in [1.29, 1.82) is 0 Å². The lowest BCUT2D eigenvalue weighted by Gasteiger charge is -2.47. The van der Waals surface area contributed by atoms with Crippen LogP contribution in [-0.2, 0) is 9.59 Å². The molecule has 1 aromatic carbocycles. The van der Waals surface area contributed by atoms with Gasteiger partial charge in [0.25, 0.3) is 0 Å². The molecule has 2 aliphatic heterocycles. The number of likely N-dealkylation sites (N-methyl/N-ethyl adjacent to an activating group) is 1. The Hall–Kier alpha value is -1.50. The number of phenols is 1. The highest BCUT2D eigenvalue weighted by atomic mass is 35.5. The molecule has 2 fully saturated rings. The Morgan fingerprint density at radius 1 is 1.25 bits per heavy atom. The van der Waals surface area contributed by atoms with Gasteiger partial charge in [0.15, 0.2) is 0 Å². The molecule has 0 spiro atoms. The summed E-state index contributed by atoms with van der Waals surface area (Å²) in [7, 11) is 1.52. The minimum Gasteiger partial charge on any atom is -0.508 e. The fourth-order valence-electron chi connectivity index (χ4n) is 3.62. The maximum absolute atomic E-state index is 12.6. The fourth-order valence-corrected chi connectivity index (χ4v) is 4.10. The first-order valence-corrected chi connectivity index (χ1v) is 8.47. The lowest BCUT2D eigenvalue weighted by atomic mass is 9.82. The zero-order valence-electron chi connectivity index (χ0n) is 13.1. The van der Waals surface area contributed by atoms with Crippen molar-refractivity contribution < 1.29 is 19.8 Å². The van der Waals surface area contributed by atoms with Crippen LogP contribution >= 0.6 is 23.2 Å². The summed E-state index contributed by atoms with van der Waals surface area (Å²) >= 11 is 12.3. The van der Waals surface area contributed by atoms with Crippen molar-refractivity contribution in [2.45, 2.75) is 30.8 Å². The number of phenolic OH excluding ortho intramolecular Hbond substituents is 1. The van der Waals surface area contributed by atoms with Crippen molar-refractivity contribution in [1.82, 2.24) is 9.80 Å². The van der Waals surface area contributed by atoms with Crippen LogP contribution < -0.4 is 0 Å². The van der Waals surface area contributed by atoms with Crippen LogP contribution in [0.4, 0.5) is 0 Å². The van der Waals surface area contributed by atoms with Crippen LogP contribution in [0.3, 0.4) is 0 Å². The van der Waals surface area contributed by atoms with Gasteiger partial charge in [-0.15, -0.1) is 0 Å². The minimum absolute atomic E-state index is 0.0408. The Morgan fingerprint density at radius 2 is 1.96 bits per heavy atom. The van der Waals surface area contributed by atoms with Crippen molar-refractivity contribution in [3.05, 3.63) is 27.7 Å². The first-order chi connectivity index (χ1) is 11.4. The number of aliphatic hydroxyl groups excluding tert-OH is 1. The molecule has 2 saturated heterocycles. The number of benzene rings is 1. The number of amides is 2. The smallest absolute Gasteiger partial charge is 0.248 e. The van der Waals surface area contributed by atoms with Crippen LogP contribution in [0, 0.1) is 0 Å². The Morgan fingerprint density at radius 3 is 2.62 bits per heavy atom. The van der Waals surface area contributed by atoms with Gasteiger partial charge in [-0.05, 0) is 30.9 Å². The molecule has 3 atom stereocenters. The minimum atomic E-state index is -0.825. The maximum atomic E-state index is 12.6. The van der Waals surface area contributed by atoms with E-state index in [0.717, 1.165) is 0 Å². The normalized spacial score (nSPS) is 27.4. The van der Waals surface area contributed by atoms with Gasteiger partial charge in [0.2, 0.25) is 11.8 Å². The number of aliphatic hydroxyl groups is 1. The molecule has 0 saturated carbocycles. The van der Waals surface area contributed by atoms with Crippen LogP contribution in [0.5, 0.6) is 5.75 Å². The van der Waals surface area contributed by atoms with Gasteiger partial charge in [-0.3, -0.25) is 9.59 Å². The predicted octanol–water partition coefficient (Wildman–Crippen LogP) is 1.61. The molecule has 2 N–H and O–H groups in total. The van der Waals surface area contributed by atoms with Crippen LogP contribution in [0.2, 0.25) is 10.0 Å². The van der Waals surface area contributed by atoms with Gasteiger partial charge in [-0.1, -0.05) is 23.2 Å². The number of carbonyl (C=O) groups excluding carboxylic acids is 2. The van der Waals surface area contributed by atoms with Crippen molar-refractivity contribution in [2.75, 3.05) is 20.2 Å².